The number of carbonyl (C=O) groups excluding carboxylic acids is 1. The molecule has 98 valence electrons. The molecule has 0 saturated heterocycles. The van der Waals surface area contributed by atoms with Gasteiger partial charge in [0, 0.05) is 18.8 Å². The smallest absolute Gasteiger partial charge is 0.252 e. The third-order valence-corrected chi connectivity index (χ3v) is 2.69. The quantitative estimate of drug-likeness (QED) is 0.760. The number of hydrogen-bond acceptors (Lipinski definition) is 3. The molecule has 1 aromatic carbocycles. The van der Waals surface area contributed by atoms with Gasteiger partial charge in [0.05, 0.1) is 11.7 Å². The highest BCUT2D eigenvalue weighted by atomic mass is 16.3. The summed E-state index contributed by atoms with van der Waals surface area (Å²) in [4.78, 5) is 25.0. The van der Waals surface area contributed by atoms with Crippen LogP contribution in [0.25, 0.3) is 0 Å². The van der Waals surface area contributed by atoms with Gasteiger partial charge in [-0.25, -0.2) is 0 Å². The fourth-order valence-electron chi connectivity index (χ4n) is 1.64. The van der Waals surface area contributed by atoms with Gasteiger partial charge in [-0.1, -0.05) is 30.3 Å². The van der Waals surface area contributed by atoms with Crippen LogP contribution in [0.5, 0.6) is 0 Å². The predicted molar refractivity (Wildman–Crippen MR) is 70.8 cm³/mol. The van der Waals surface area contributed by atoms with Gasteiger partial charge >= 0.3 is 0 Å². The summed E-state index contributed by atoms with van der Waals surface area (Å²) in [5.74, 6) is -0.341. The average molecular weight is 258 g/mol. The van der Waals surface area contributed by atoms with Gasteiger partial charge in [-0.3, -0.25) is 9.59 Å². The Balaban J connectivity index is 1.94. The van der Waals surface area contributed by atoms with E-state index in [1.165, 1.54) is 18.3 Å². The Kier molecular flexibility index (Phi) is 4.10. The zero-order chi connectivity index (χ0) is 13.7. The van der Waals surface area contributed by atoms with Crippen LogP contribution < -0.4 is 10.9 Å². The van der Waals surface area contributed by atoms with Crippen molar-refractivity contribution in [1.29, 1.82) is 0 Å². The van der Waals surface area contributed by atoms with Crippen molar-refractivity contribution in [3.05, 3.63) is 70.1 Å². The molecule has 0 saturated carbocycles. The number of rotatable bonds is 4. The molecule has 0 aliphatic heterocycles. The van der Waals surface area contributed by atoms with Gasteiger partial charge in [-0.05, 0) is 11.6 Å². The van der Waals surface area contributed by atoms with Crippen molar-refractivity contribution < 1.29 is 9.90 Å². The van der Waals surface area contributed by atoms with Crippen molar-refractivity contribution in [1.82, 2.24) is 10.3 Å². The highest BCUT2D eigenvalue weighted by molar-refractivity contribution is 5.93. The summed E-state index contributed by atoms with van der Waals surface area (Å²) in [6, 6.07) is 11.8. The number of benzene rings is 1. The number of aromatic amines is 1. The highest BCUT2D eigenvalue weighted by Gasteiger charge is 2.10. The normalized spacial score (nSPS) is 11.8. The van der Waals surface area contributed by atoms with Gasteiger partial charge < -0.3 is 15.4 Å². The fraction of sp³-hybridized carbons (Fsp3) is 0.143. The van der Waals surface area contributed by atoms with Gasteiger partial charge in [0.25, 0.3) is 5.91 Å². The van der Waals surface area contributed by atoms with E-state index in [0.29, 0.717) is 5.56 Å². The number of aromatic nitrogens is 1. The Morgan fingerprint density at radius 3 is 2.58 bits per heavy atom. The maximum Gasteiger partial charge on any atom is 0.252 e. The minimum Gasteiger partial charge on any atom is -0.387 e. The number of aliphatic hydroxyl groups is 1. The largest absolute Gasteiger partial charge is 0.387 e. The van der Waals surface area contributed by atoms with Crippen LogP contribution in [0.3, 0.4) is 0 Å². The summed E-state index contributed by atoms with van der Waals surface area (Å²) in [6.07, 6.45) is 0.583. The summed E-state index contributed by atoms with van der Waals surface area (Å²) >= 11 is 0. The zero-order valence-electron chi connectivity index (χ0n) is 10.2. The van der Waals surface area contributed by atoms with E-state index in [0.717, 1.165) is 5.56 Å². The van der Waals surface area contributed by atoms with E-state index in [2.05, 4.69) is 10.3 Å². The molecule has 1 amide bonds. The standard InChI is InChI=1S/C14H14N2O3/c17-12(10-4-2-1-3-5-10)9-16-14(19)11-6-7-13(18)15-8-11/h1-8,12,17H,9H2,(H,15,18)(H,16,19). The van der Waals surface area contributed by atoms with E-state index < -0.39 is 6.10 Å². The first-order valence-electron chi connectivity index (χ1n) is 5.87. The lowest BCUT2D eigenvalue weighted by molar-refractivity contribution is 0.0916. The molecule has 1 atom stereocenters. The van der Waals surface area contributed by atoms with E-state index in [-0.39, 0.29) is 18.0 Å². The zero-order valence-corrected chi connectivity index (χ0v) is 10.2. The lowest BCUT2D eigenvalue weighted by Gasteiger charge is -2.12. The van der Waals surface area contributed by atoms with Gasteiger partial charge in [-0.2, -0.15) is 0 Å². The Bertz CT molecular complexity index is 587. The molecule has 5 heteroatoms. The molecule has 0 bridgehead atoms. The van der Waals surface area contributed by atoms with Crippen molar-refractivity contribution in [2.45, 2.75) is 6.10 Å². The van der Waals surface area contributed by atoms with Crippen LogP contribution in [0.15, 0.2) is 53.5 Å². The summed E-state index contributed by atoms with van der Waals surface area (Å²) in [7, 11) is 0. The topological polar surface area (TPSA) is 82.2 Å². The van der Waals surface area contributed by atoms with Crippen LogP contribution >= 0.6 is 0 Å². The molecule has 1 heterocycles. The number of hydrogen-bond donors (Lipinski definition) is 3. The molecule has 0 aliphatic carbocycles. The first kappa shape index (κ1) is 13.0. The third kappa shape index (κ3) is 3.53. The van der Waals surface area contributed by atoms with Crippen LogP contribution in [0.2, 0.25) is 0 Å². The summed E-state index contributed by atoms with van der Waals surface area (Å²) in [5, 5.41) is 12.5. The van der Waals surface area contributed by atoms with Gasteiger partial charge in [0.2, 0.25) is 5.56 Å². The van der Waals surface area contributed by atoms with Crippen LogP contribution in [0.1, 0.15) is 22.0 Å². The van der Waals surface area contributed by atoms with E-state index in [4.69, 9.17) is 0 Å². The third-order valence-electron chi connectivity index (χ3n) is 2.69. The Morgan fingerprint density at radius 2 is 1.95 bits per heavy atom. The van der Waals surface area contributed by atoms with Crippen molar-refractivity contribution in [3.8, 4) is 0 Å². The Morgan fingerprint density at radius 1 is 1.21 bits per heavy atom. The van der Waals surface area contributed by atoms with Crippen LogP contribution in [0.4, 0.5) is 0 Å². The molecule has 3 N–H and O–H groups in total. The monoisotopic (exact) mass is 258 g/mol. The minimum atomic E-state index is -0.757. The molecule has 0 spiro atoms. The van der Waals surface area contributed by atoms with Crippen LogP contribution in [-0.2, 0) is 0 Å². The minimum absolute atomic E-state index is 0.113. The maximum absolute atomic E-state index is 11.7. The average Bonchev–Trinajstić information content (AvgIpc) is 2.46. The van der Waals surface area contributed by atoms with Crippen molar-refractivity contribution in [2.75, 3.05) is 6.54 Å². The van der Waals surface area contributed by atoms with Crippen molar-refractivity contribution in [2.24, 2.45) is 0 Å². The SMILES string of the molecule is O=C(NCC(O)c1ccccc1)c1ccc(=O)[nH]c1. The lowest BCUT2D eigenvalue weighted by Crippen LogP contribution is -2.28. The second-order valence-corrected chi connectivity index (χ2v) is 4.08. The van der Waals surface area contributed by atoms with Crippen molar-refractivity contribution in [3.63, 3.8) is 0 Å². The molecule has 19 heavy (non-hydrogen) atoms. The summed E-state index contributed by atoms with van der Waals surface area (Å²) in [6.45, 7) is 0.113. The van der Waals surface area contributed by atoms with Crippen LogP contribution in [0, 0.1) is 0 Å². The van der Waals surface area contributed by atoms with E-state index in [1.54, 1.807) is 12.1 Å². The van der Waals surface area contributed by atoms with E-state index >= 15 is 0 Å². The molecule has 0 fully saturated rings. The van der Waals surface area contributed by atoms with E-state index in [1.807, 2.05) is 18.2 Å². The number of aliphatic hydroxyl groups excluding tert-OH is 1. The molecule has 1 unspecified atom stereocenters. The summed E-state index contributed by atoms with van der Waals surface area (Å²) in [5.41, 5.74) is 0.824. The maximum atomic E-state index is 11.7. The van der Waals surface area contributed by atoms with Crippen LogP contribution in [-0.4, -0.2) is 22.5 Å². The summed E-state index contributed by atoms with van der Waals surface area (Å²) < 4.78 is 0. The number of nitrogens with one attached hydrogen (secondary N) is 2. The molecule has 0 radical (unpaired) electrons. The number of carbonyl (C=O) groups is 1. The predicted octanol–water partition coefficient (Wildman–Crippen LogP) is 0.838. The van der Waals surface area contributed by atoms with E-state index in [9.17, 15) is 14.7 Å². The number of amides is 1. The molecule has 1 aromatic heterocycles. The first-order chi connectivity index (χ1) is 9.16. The second kappa shape index (κ2) is 5.97. The van der Waals surface area contributed by atoms with Crippen molar-refractivity contribution >= 4 is 5.91 Å². The second-order valence-electron chi connectivity index (χ2n) is 4.08. The molecule has 5 nitrogen and oxygen atoms in total. The highest BCUT2D eigenvalue weighted by Crippen LogP contribution is 2.10. The molecular weight excluding hydrogens is 244 g/mol. The Labute approximate surface area is 109 Å². The van der Waals surface area contributed by atoms with Gasteiger partial charge in [0.1, 0.15) is 0 Å². The fourth-order valence-corrected chi connectivity index (χ4v) is 1.64. The molecule has 2 rings (SSSR count). The molecular formula is C14H14N2O3. The van der Waals surface area contributed by atoms with Gasteiger partial charge in [-0.15, -0.1) is 0 Å². The first-order valence-corrected chi connectivity index (χ1v) is 5.87. The molecule has 2 aromatic rings. The number of H-pyrrole nitrogens is 1. The lowest BCUT2D eigenvalue weighted by atomic mass is 10.1. The molecule has 0 aliphatic rings. The Hall–Kier alpha value is -2.40. The van der Waals surface area contributed by atoms with Gasteiger partial charge in [0.15, 0.2) is 0 Å². The number of pyridine rings is 1.